The van der Waals surface area contributed by atoms with Gasteiger partial charge in [0.05, 0.1) is 5.56 Å². The lowest BCUT2D eigenvalue weighted by Gasteiger charge is -2.30. The molecule has 2 aromatic heterocycles. The Morgan fingerprint density at radius 3 is 2.90 bits per heavy atom. The molecule has 0 bridgehead atoms. The quantitative estimate of drug-likeness (QED) is 0.672. The Hall–Kier alpha value is -2.93. The molecule has 29 heavy (non-hydrogen) atoms. The van der Waals surface area contributed by atoms with Crippen molar-refractivity contribution in [3.05, 3.63) is 53.3 Å². The van der Waals surface area contributed by atoms with E-state index >= 15 is 0 Å². The molecule has 7 nitrogen and oxygen atoms in total. The number of benzene rings is 1. The van der Waals surface area contributed by atoms with Gasteiger partial charge in [-0.25, -0.2) is 4.98 Å². The minimum absolute atomic E-state index is 0.0315. The summed E-state index contributed by atoms with van der Waals surface area (Å²) < 4.78 is 0. The number of fused-ring (bicyclic) bond motifs is 1. The second-order valence-corrected chi connectivity index (χ2v) is 7.72. The van der Waals surface area contributed by atoms with Gasteiger partial charge < -0.3 is 10.0 Å². The van der Waals surface area contributed by atoms with E-state index in [1.54, 1.807) is 18.3 Å². The Kier molecular flexibility index (Phi) is 5.49. The number of likely N-dealkylation sites (tertiary alicyclic amines) is 1. The number of H-pyrrole nitrogens is 1. The van der Waals surface area contributed by atoms with Crippen LogP contribution in [0.1, 0.15) is 41.4 Å². The number of rotatable bonds is 6. The van der Waals surface area contributed by atoms with Crippen LogP contribution in [0.3, 0.4) is 0 Å². The lowest BCUT2D eigenvalue weighted by Crippen LogP contribution is -2.42. The van der Waals surface area contributed by atoms with Crippen molar-refractivity contribution in [2.75, 3.05) is 19.6 Å². The second kappa shape index (κ2) is 8.21. The fourth-order valence-electron chi connectivity index (χ4n) is 4.13. The van der Waals surface area contributed by atoms with Gasteiger partial charge in [-0.05, 0) is 56.6 Å². The molecule has 1 aromatic carbocycles. The van der Waals surface area contributed by atoms with Gasteiger partial charge >= 0.3 is 0 Å². The number of aromatic hydroxyl groups is 1. The standard InChI is InChI=1S/C22H27N5O2/c1-3-26-10-4-5-18(26)14-27(13-16-6-8-19(28)9-7-16)22(29)17-11-20-15(2)24-25-21(20)23-12-17/h6-9,11-12,18,28H,3-5,10,13-14H2,1-2H3,(H,23,24,25). The molecule has 1 amide bonds. The molecular formula is C22H27N5O2. The predicted molar refractivity (Wildman–Crippen MR) is 112 cm³/mol. The Morgan fingerprint density at radius 1 is 1.34 bits per heavy atom. The Labute approximate surface area is 170 Å². The molecule has 1 fully saturated rings. The molecule has 0 spiro atoms. The average Bonchev–Trinajstić information content (AvgIpc) is 3.34. The lowest BCUT2D eigenvalue weighted by atomic mass is 10.1. The number of carbonyl (C=O) groups is 1. The number of pyridine rings is 1. The number of aromatic amines is 1. The third-order valence-electron chi connectivity index (χ3n) is 5.78. The topological polar surface area (TPSA) is 85.3 Å². The zero-order chi connectivity index (χ0) is 20.4. The first-order valence-corrected chi connectivity index (χ1v) is 10.2. The van der Waals surface area contributed by atoms with E-state index in [2.05, 4.69) is 27.0 Å². The SMILES string of the molecule is CCN1CCCC1CN(Cc1ccc(O)cc1)C(=O)c1cnc2n[nH]c(C)c2c1. The van der Waals surface area contributed by atoms with Crippen LogP contribution in [0.25, 0.3) is 11.0 Å². The Bertz CT molecular complexity index is 998. The molecule has 1 atom stereocenters. The van der Waals surface area contributed by atoms with Gasteiger partial charge in [0.1, 0.15) is 5.75 Å². The van der Waals surface area contributed by atoms with E-state index in [-0.39, 0.29) is 11.7 Å². The number of likely N-dealkylation sites (N-methyl/N-ethyl adjacent to an activating group) is 1. The van der Waals surface area contributed by atoms with Gasteiger partial charge in [0.25, 0.3) is 5.91 Å². The van der Waals surface area contributed by atoms with E-state index in [0.717, 1.165) is 36.2 Å². The molecule has 1 aliphatic rings. The maximum absolute atomic E-state index is 13.5. The van der Waals surface area contributed by atoms with Crippen LogP contribution in [0, 0.1) is 6.92 Å². The number of phenolic OH excluding ortho intramolecular Hbond substituents is 1. The predicted octanol–water partition coefficient (Wildman–Crippen LogP) is 3.10. The minimum atomic E-state index is -0.0315. The van der Waals surface area contributed by atoms with E-state index in [1.165, 1.54) is 6.42 Å². The van der Waals surface area contributed by atoms with E-state index < -0.39 is 0 Å². The summed E-state index contributed by atoms with van der Waals surface area (Å²) in [6, 6.07) is 9.29. The average molecular weight is 393 g/mol. The normalized spacial score (nSPS) is 17.1. The van der Waals surface area contributed by atoms with Crippen LogP contribution in [0.5, 0.6) is 5.75 Å². The van der Waals surface area contributed by atoms with Crippen molar-refractivity contribution in [3.8, 4) is 5.75 Å². The maximum Gasteiger partial charge on any atom is 0.255 e. The number of phenols is 1. The molecule has 3 aromatic rings. The number of carbonyl (C=O) groups excluding carboxylic acids is 1. The van der Waals surface area contributed by atoms with Crippen molar-refractivity contribution in [3.63, 3.8) is 0 Å². The summed E-state index contributed by atoms with van der Waals surface area (Å²) in [5.41, 5.74) is 3.09. The molecule has 152 valence electrons. The summed E-state index contributed by atoms with van der Waals surface area (Å²) in [6.45, 7) is 7.35. The summed E-state index contributed by atoms with van der Waals surface area (Å²) in [7, 11) is 0. The highest BCUT2D eigenvalue weighted by Crippen LogP contribution is 2.22. The van der Waals surface area contributed by atoms with Crippen molar-refractivity contribution in [2.24, 2.45) is 0 Å². The summed E-state index contributed by atoms with van der Waals surface area (Å²) in [5, 5.41) is 17.5. The highest BCUT2D eigenvalue weighted by Gasteiger charge is 2.28. The smallest absolute Gasteiger partial charge is 0.255 e. The first-order valence-electron chi connectivity index (χ1n) is 10.2. The molecule has 7 heteroatoms. The highest BCUT2D eigenvalue weighted by atomic mass is 16.3. The number of nitrogens with one attached hydrogen (secondary N) is 1. The number of amides is 1. The summed E-state index contributed by atoms with van der Waals surface area (Å²) in [5.74, 6) is 0.195. The molecule has 3 heterocycles. The second-order valence-electron chi connectivity index (χ2n) is 7.72. The molecular weight excluding hydrogens is 366 g/mol. The van der Waals surface area contributed by atoms with Crippen molar-refractivity contribution in [1.29, 1.82) is 0 Å². The van der Waals surface area contributed by atoms with Crippen molar-refractivity contribution >= 4 is 16.9 Å². The van der Waals surface area contributed by atoms with Gasteiger partial charge in [0, 0.05) is 36.4 Å². The van der Waals surface area contributed by atoms with E-state index in [1.807, 2.05) is 30.0 Å². The first kappa shape index (κ1) is 19.4. The van der Waals surface area contributed by atoms with E-state index in [4.69, 9.17) is 0 Å². The summed E-state index contributed by atoms with van der Waals surface area (Å²) in [6.07, 6.45) is 3.88. The number of hydrogen-bond acceptors (Lipinski definition) is 5. The van der Waals surface area contributed by atoms with E-state index in [0.29, 0.717) is 30.3 Å². The van der Waals surface area contributed by atoms with E-state index in [9.17, 15) is 9.90 Å². The molecule has 0 radical (unpaired) electrons. The van der Waals surface area contributed by atoms with Gasteiger partial charge in [0.15, 0.2) is 5.65 Å². The Morgan fingerprint density at radius 2 is 2.14 bits per heavy atom. The van der Waals surface area contributed by atoms with Crippen LogP contribution in [0.15, 0.2) is 36.5 Å². The monoisotopic (exact) mass is 393 g/mol. The number of nitrogens with zero attached hydrogens (tertiary/aromatic N) is 4. The molecule has 1 saturated heterocycles. The third-order valence-corrected chi connectivity index (χ3v) is 5.78. The zero-order valence-corrected chi connectivity index (χ0v) is 16.9. The van der Waals surface area contributed by atoms with Crippen LogP contribution in [-0.2, 0) is 6.54 Å². The third kappa shape index (κ3) is 4.10. The van der Waals surface area contributed by atoms with Crippen molar-refractivity contribution in [2.45, 2.75) is 39.3 Å². The van der Waals surface area contributed by atoms with Crippen LogP contribution < -0.4 is 0 Å². The number of hydrogen-bond donors (Lipinski definition) is 2. The van der Waals surface area contributed by atoms with Gasteiger partial charge in [-0.1, -0.05) is 19.1 Å². The van der Waals surface area contributed by atoms with Crippen LogP contribution >= 0.6 is 0 Å². The van der Waals surface area contributed by atoms with Crippen molar-refractivity contribution < 1.29 is 9.90 Å². The van der Waals surface area contributed by atoms with Crippen molar-refractivity contribution in [1.82, 2.24) is 25.0 Å². The van der Waals surface area contributed by atoms with Gasteiger partial charge in [-0.3, -0.25) is 14.8 Å². The van der Waals surface area contributed by atoms with Crippen LogP contribution in [-0.4, -0.2) is 61.7 Å². The molecule has 0 saturated carbocycles. The minimum Gasteiger partial charge on any atom is -0.508 e. The van der Waals surface area contributed by atoms with Crippen LogP contribution in [0.4, 0.5) is 0 Å². The molecule has 4 rings (SSSR count). The number of aryl methyl sites for hydroxylation is 1. The van der Waals surface area contributed by atoms with Gasteiger partial charge in [-0.2, -0.15) is 5.10 Å². The summed E-state index contributed by atoms with van der Waals surface area (Å²) in [4.78, 5) is 22.2. The lowest BCUT2D eigenvalue weighted by molar-refractivity contribution is 0.0692. The zero-order valence-electron chi connectivity index (χ0n) is 16.9. The van der Waals surface area contributed by atoms with Gasteiger partial charge in [-0.15, -0.1) is 0 Å². The molecule has 2 N–H and O–H groups in total. The fraction of sp³-hybridized carbons (Fsp3) is 0.409. The summed E-state index contributed by atoms with van der Waals surface area (Å²) >= 11 is 0. The Balaban J connectivity index is 1.62. The largest absolute Gasteiger partial charge is 0.508 e. The van der Waals surface area contributed by atoms with Crippen LogP contribution in [0.2, 0.25) is 0 Å². The maximum atomic E-state index is 13.5. The highest BCUT2D eigenvalue weighted by molar-refractivity contribution is 5.97. The fourth-order valence-corrected chi connectivity index (χ4v) is 4.13. The molecule has 0 aliphatic carbocycles. The molecule has 1 unspecified atom stereocenters. The van der Waals surface area contributed by atoms with Gasteiger partial charge in [0.2, 0.25) is 0 Å². The molecule has 1 aliphatic heterocycles. The first-order chi connectivity index (χ1) is 14.0. The number of aromatic nitrogens is 3.